The molecule has 0 spiro atoms. The molecule has 0 aromatic heterocycles. The Kier molecular flexibility index (Phi) is 4.43. The molecule has 3 nitrogen and oxygen atoms in total. The van der Waals surface area contributed by atoms with E-state index in [0.717, 1.165) is 16.7 Å². The molecule has 2 aromatic carbocycles. The first kappa shape index (κ1) is 15.3. The van der Waals surface area contributed by atoms with Crippen LogP contribution in [-0.2, 0) is 11.3 Å². The monoisotopic (exact) mass is 283 g/mol. The summed E-state index contributed by atoms with van der Waals surface area (Å²) >= 11 is 0. The third-order valence-corrected chi connectivity index (χ3v) is 3.05. The number of ether oxygens (including phenoxy) is 1. The Hall–Kier alpha value is -2.13. The van der Waals surface area contributed by atoms with Gasteiger partial charge in [-0.1, -0.05) is 36.4 Å². The van der Waals surface area contributed by atoms with Gasteiger partial charge in [0.1, 0.15) is 5.60 Å². The number of hydrogen-bond acceptors (Lipinski definition) is 3. The fourth-order valence-electron chi connectivity index (χ4n) is 2.13. The molecule has 0 atom stereocenters. The number of rotatable bonds is 3. The van der Waals surface area contributed by atoms with Gasteiger partial charge in [-0.2, -0.15) is 0 Å². The highest BCUT2D eigenvalue weighted by Crippen LogP contribution is 2.25. The SMILES string of the molecule is CC(C)(C)OC(=O)c1cccc(-c2ccccc2CN)c1. The van der Waals surface area contributed by atoms with Crippen LogP contribution in [0, 0.1) is 0 Å². The molecule has 0 radical (unpaired) electrons. The maximum atomic E-state index is 12.2. The van der Waals surface area contributed by atoms with Crippen LogP contribution in [0.5, 0.6) is 0 Å². The number of hydrogen-bond donors (Lipinski definition) is 1. The van der Waals surface area contributed by atoms with Crippen LogP contribution < -0.4 is 5.73 Å². The van der Waals surface area contributed by atoms with E-state index in [9.17, 15) is 4.79 Å². The van der Waals surface area contributed by atoms with E-state index in [-0.39, 0.29) is 5.97 Å². The summed E-state index contributed by atoms with van der Waals surface area (Å²) in [6, 6.07) is 15.4. The number of benzene rings is 2. The summed E-state index contributed by atoms with van der Waals surface area (Å²) in [5, 5.41) is 0. The molecule has 0 bridgehead atoms. The van der Waals surface area contributed by atoms with Crippen LogP contribution in [0.2, 0.25) is 0 Å². The topological polar surface area (TPSA) is 52.3 Å². The average molecular weight is 283 g/mol. The molecular weight excluding hydrogens is 262 g/mol. The summed E-state index contributed by atoms with van der Waals surface area (Å²) < 4.78 is 5.41. The smallest absolute Gasteiger partial charge is 0.338 e. The molecule has 21 heavy (non-hydrogen) atoms. The van der Waals surface area contributed by atoms with Crippen LogP contribution in [-0.4, -0.2) is 11.6 Å². The summed E-state index contributed by atoms with van der Waals surface area (Å²) in [6.07, 6.45) is 0. The number of esters is 1. The van der Waals surface area contributed by atoms with Crippen molar-refractivity contribution in [2.24, 2.45) is 5.73 Å². The van der Waals surface area contributed by atoms with Gasteiger partial charge in [0.15, 0.2) is 0 Å². The first-order valence-corrected chi connectivity index (χ1v) is 7.02. The van der Waals surface area contributed by atoms with E-state index < -0.39 is 5.60 Å². The lowest BCUT2D eigenvalue weighted by molar-refractivity contribution is 0.00696. The van der Waals surface area contributed by atoms with Gasteiger partial charge in [0.25, 0.3) is 0 Å². The zero-order valence-electron chi connectivity index (χ0n) is 12.7. The van der Waals surface area contributed by atoms with Crippen molar-refractivity contribution in [2.75, 3.05) is 0 Å². The van der Waals surface area contributed by atoms with Gasteiger partial charge in [-0.15, -0.1) is 0 Å². The van der Waals surface area contributed by atoms with Crippen molar-refractivity contribution in [3.05, 3.63) is 59.7 Å². The standard InChI is InChI=1S/C18H21NO2/c1-18(2,3)21-17(20)14-9-6-8-13(11-14)16-10-5-4-7-15(16)12-19/h4-11H,12,19H2,1-3H3. The lowest BCUT2D eigenvalue weighted by Gasteiger charge is -2.19. The zero-order valence-corrected chi connectivity index (χ0v) is 12.7. The molecule has 0 aliphatic rings. The Morgan fingerprint density at radius 1 is 1.10 bits per heavy atom. The second-order valence-corrected chi connectivity index (χ2v) is 5.94. The van der Waals surface area contributed by atoms with Crippen molar-refractivity contribution in [1.82, 2.24) is 0 Å². The van der Waals surface area contributed by atoms with Crippen molar-refractivity contribution in [3.8, 4) is 11.1 Å². The Bertz CT molecular complexity index is 642. The van der Waals surface area contributed by atoms with E-state index in [2.05, 4.69) is 0 Å². The fourth-order valence-corrected chi connectivity index (χ4v) is 2.13. The number of carbonyl (C=O) groups is 1. The van der Waals surface area contributed by atoms with Crippen LogP contribution in [0.25, 0.3) is 11.1 Å². The Balaban J connectivity index is 2.36. The average Bonchev–Trinajstić information content (AvgIpc) is 2.45. The molecule has 0 amide bonds. The van der Waals surface area contributed by atoms with E-state index in [4.69, 9.17) is 10.5 Å². The summed E-state index contributed by atoms with van der Waals surface area (Å²) in [5.74, 6) is -0.311. The molecule has 0 saturated heterocycles. The molecule has 110 valence electrons. The molecule has 0 fully saturated rings. The highest BCUT2D eigenvalue weighted by molar-refractivity contribution is 5.91. The van der Waals surface area contributed by atoms with Gasteiger partial charge in [-0.3, -0.25) is 0 Å². The first-order chi connectivity index (χ1) is 9.90. The predicted molar refractivity (Wildman–Crippen MR) is 84.9 cm³/mol. The molecule has 2 N–H and O–H groups in total. The lowest BCUT2D eigenvalue weighted by Crippen LogP contribution is -2.23. The Morgan fingerprint density at radius 3 is 2.48 bits per heavy atom. The molecule has 0 heterocycles. The van der Waals surface area contributed by atoms with Crippen molar-refractivity contribution in [1.29, 1.82) is 0 Å². The molecular formula is C18H21NO2. The van der Waals surface area contributed by atoms with Gasteiger partial charge in [-0.05, 0) is 49.6 Å². The van der Waals surface area contributed by atoms with Gasteiger partial charge in [0.2, 0.25) is 0 Å². The van der Waals surface area contributed by atoms with Crippen molar-refractivity contribution in [3.63, 3.8) is 0 Å². The van der Waals surface area contributed by atoms with Gasteiger partial charge in [-0.25, -0.2) is 4.79 Å². The van der Waals surface area contributed by atoms with E-state index in [1.54, 1.807) is 6.07 Å². The van der Waals surface area contributed by atoms with E-state index in [1.165, 1.54) is 0 Å². The molecule has 0 unspecified atom stereocenters. The second kappa shape index (κ2) is 6.10. The van der Waals surface area contributed by atoms with Gasteiger partial charge in [0.05, 0.1) is 5.56 Å². The fraction of sp³-hybridized carbons (Fsp3) is 0.278. The van der Waals surface area contributed by atoms with Gasteiger partial charge in [0, 0.05) is 6.54 Å². The molecule has 0 aliphatic heterocycles. The maximum absolute atomic E-state index is 12.2. The number of nitrogens with two attached hydrogens (primary N) is 1. The van der Waals surface area contributed by atoms with Crippen molar-refractivity contribution >= 4 is 5.97 Å². The lowest BCUT2D eigenvalue weighted by atomic mass is 9.98. The second-order valence-electron chi connectivity index (χ2n) is 5.94. The normalized spacial score (nSPS) is 11.2. The van der Waals surface area contributed by atoms with Crippen LogP contribution in [0.3, 0.4) is 0 Å². The molecule has 2 rings (SSSR count). The van der Waals surface area contributed by atoms with Crippen molar-refractivity contribution in [2.45, 2.75) is 32.9 Å². The minimum Gasteiger partial charge on any atom is -0.456 e. The summed E-state index contributed by atoms with van der Waals surface area (Å²) in [5.41, 5.74) is 8.90. The molecule has 2 aromatic rings. The number of carbonyl (C=O) groups excluding carboxylic acids is 1. The third kappa shape index (κ3) is 3.92. The van der Waals surface area contributed by atoms with E-state index >= 15 is 0 Å². The van der Waals surface area contributed by atoms with Crippen molar-refractivity contribution < 1.29 is 9.53 Å². The minimum atomic E-state index is -0.498. The summed E-state index contributed by atoms with van der Waals surface area (Å²) in [7, 11) is 0. The third-order valence-electron chi connectivity index (χ3n) is 3.05. The quantitative estimate of drug-likeness (QED) is 0.872. The highest BCUT2D eigenvalue weighted by Gasteiger charge is 2.18. The van der Waals surface area contributed by atoms with Crippen LogP contribution in [0.15, 0.2) is 48.5 Å². The molecule has 0 saturated carbocycles. The Labute approximate surface area is 125 Å². The highest BCUT2D eigenvalue weighted by atomic mass is 16.6. The largest absolute Gasteiger partial charge is 0.456 e. The van der Waals surface area contributed by atoms with E-state index in [0.29, 0.717) is 12.1 Å². The minimum absolute atomic E-state index is 0.311. The summed E-state index contributed by atoms with van der Waals surface area (Å²) in [6.45, 7) is 6.04. The van der Waals surface area contributed by atoms with E-state index in [1.807, 2.05) is 63.2 Å². The van der Waals surface area contributed by atoms with Gasteiger partial charge < -0.3 is 10.5 Å². The predicted octanol–water partition coefficient (Wildman–Crippen LogP) is 3.77. The molecule has 3 heteroatoms. The van der Waals surface area contributed by atoms with Crippen LogP contribution >= 0.6 is 0 Å². The summed E-state index contributed by atoms with van der Waals surface area (Å²) in [4.78, 5) is 12.2. The first-order valence-electron chi connectivity index (χ1n) is 7.02. The molecule has 0 aliphatic carbocycles. The Morgan fingerprint density at radius 2 is 1.81 bits per heavy atom. The van der Waals surface area contributed by atoms with Crippen LogP contribution in [0.4, 0.5) is 0 Å². The van der Waals surface area contributed by atoms with Crippen LogP contribution in [0.1, 0.15) is 36.7 Å². The van der Waals surface area contributed by atoms with Gasteiger partial charge >= 0.3 is 5.97 Å². The maximum Gasteiger partial charge on any atom is 0.338 e. The zero-order chi connectivity index (χ0) is 15.5.